The van der Waals surface area contributed by atoms with Crippen molar-refractivity contribution in [1.29, 1.82) is 0 Å². The minimum Gasteiger partial charge on any atom is -0.323 e. The molecule has 0 fully saturated rings. The van der Waals surface area contributed by atoms with Crippen LogP contribution in [0.15, 0.2) is 53.4 Å². The average Bonchev–Trinajstić information content (AvgIpc) is 2.78. The summed E-state index contributed by atoms with van der Waals surface area (Å²) in [4.78, 5) is 0.162. The van der Waals surface area contributed by atoms with Crippen molar-refractivity contribution in [3.8, 4) is 0 Å². The summed E-state index contributed by atoms with van der Waals surface area (Å²) in [7, 11) is -3.54. The fourth-order valence-electron chi connectivity index (χ4n) is 2.73. The molecule has 0 amide bonds. The van der Waals surface area contributed by atoms with Crippen LogP contribution in [0.5, 0.6) is 0 Å². The molecular weight excluding hydrogens is 294 g/mol. The summed E-state index contributed by atoms with van der Waals surface area (Å²) in [6, 6.07) is 13.6. The molecule has 0 saturated carbocycles. The lowest BCUT2D eigenvalue weighted by atomic mass is 10.1. The van der Waals surface area contributed by atoms with Crippen molar-refractivity contribution in [2.45, 2.75) is 22.6 Å². The van der Waals surface area contributed by atoms with Crippen molar-refractivity contribution in [1.82, 2.24) is 0 Å². The monoisotopic (exact) mass is 307 g/mol. The van der Waals surface area contributed by atoms with E-state index in [1.165, 1.54) is 6.07 Å². The van der Waals surface area contributed by atoms with Gasteiger partial charge in [-0.1, -0.05) is 48.0 Å². The fraction of sp³-hybridized carbons (Fsp3) is 0.200. The molecule has 2 aromatic carbocycles. The Hall–Kier alpha value is -1.36. The van der Waals surface area contributed by atoms with Crippen molar-refractivity contribution < 1.29 is 8.42 Å². The number of fused-ring (bicyclic) bond motifs is 1. The van der Waals surface area contributed by atoms with E-state index in [1.807, 2.05) is 24.3 Å². The van der Waals surface area contributed by atoms with E-state index < -0.39 is 21.1 Å². The lowest BCUT2D eigenvalue weighted by Crippen LogP contribution is -2.31. The van der Waals surface area contributed by atoms with Crippen LogP contribution in [0.4, 0.5) is 0 Å². The predicted molar refractivity (Wildman–Crippen MR) is 79.5 cm³/mol. The molecule has 3 rings (SSSR count). The van der Waals surface area contributed by atoms with Crippen molar-refractivity contribution in [3.63, 3.8) is 0 Å². The first kappa shape index (κ1) is 13.6. The van der Waals surface area contributed by atoms with Gasteiger partial charge in [0.15, 0.2) is 9.84 Å². The van der Waals surface area contributed by atoms with Crippen LogP contribution in [-0.2, 0) is 16.3 Å². The van der Waals surface area contributed by atoms with Crippen LogP contribution in [0, 0.1) is 0 Å². The molecule has 0 radical (unpaired) electrons. The van der Waals surface area contributed by atoms with E-state index in [9.17, 15) is 8.42 Å². The highest BCUT2D eigenvalue weighted by Gasteiger charge is 2.40. The molecule has 0 aromatic heterocycles. The molecule has 0 saturated heterocycles. The standard InChI is InChI=1S/C15H14ClNO2S/c16-12-7-3-4-8-13(12)20(18,19)14-9-10-5-1-2-6-11(10)15(14)17/h1-8,14-15H,9,17H2. The molecule has 2 atom stereocenters. The van der Waals surface area contributed by atoms with Crippen LogP contribution >= 0.6 is 11.6 Å². The van der Waals surface area contributed by atoms with Crippen LogP contribution in [0.2, 0.25) is 5.02 Å². The zero-order valence-electron chi connectivity index (χ0n) is 10.7. The maximum atomic E-state index is 12.8. The van der Waals surface area contributed by atoms with Crippen molar-refractivity contribution in [2.75, 3.05) is 0 Å². The van der Waals surface area contributed by atoms with E-state index in [4.69, 9.17) is 17.3 Å². The first-order valence-corrected chi connectivity index (χ1v) is 8.26. The molecule has 5 heteroatoms. The molecule has 1 aliphatic carbocycles. The van der Waals surface area contributed by atoms with Crippen LogP contribution in [0.3, 0.4) is 0 Å². The van der Waals surface area contributed by atoms with Crippen molar-refractivity contribution in [3.05, 3.63) is 64.7 Å². The van der Waals surface area contributed by atoms with Gasteiger partial charge in [0.05, 0.1) is 15.2 Å². The Morgan fingerprint density at radius 1 is 1.05 bits per heavy atom. The Bertz CT molecular complexity index is 758. The summed E-state index contributed by atoms with van der Waals surface area (Å²) in [5.74, 6) is 0. The van der Waals surface area contributed by atoms with Crippen molar-refractivity contribution in [2.24, 2.45) is 5.73 Å². The zero-order valence-corrected chi connectivity index (χ0v) is 12.2. The number of hydrogen-bond acceptors (Lipinski definition) is 3. The first-order chi connectivity index (χ1) is 9.51. The van der Waals surface area contributed by atoms with Crippen molar-refractivity contribution >= 4 is 21.4 Å². The summed E-state index contributed by atoms with van der Waals surface area (Å²) in [6.45, 7) is 0. The van der Waals surface area contributed by atoms with Gasteiger partial charge in [-0.2, -0.15) is 0 Å². The Kier molecular flexibility index (Phi) is 3.32. The molecular formula is C15H14ClNO2S. The summed E-state index contributed by atoms with van der Waals surface area (Å²) < 4.78 is 25.5. The molecule has 0 spiro atoms. The predicted octanol–water partition coefficient (Wildman–Crippen LogP) is 2.74. The van der Waals surface area contributed by atoms with Crippen LogP contribution in [-0.4, -0.2) is 13.7 Å². The Balaban J connectivity index is 2.05. The number of nitrogens with two attached hydrogens (primary N) is 1. The van der Waals surface area contributed by atoms with Gasteiger partial charge in [0.2, 0.25) is 0 Å². The number of hydrogen-bond donors (Lipinski definition) is 1. The Morgan fingerprint density at radius 3 is 2.40 bits per heavy atom. The van der Waals surface area contributed by atoms with Crippen LogP contribution in [0.25, 0.3) is 0 Å². The van der Waals surface area contributed by atoms with E-state index in [-0.39, 0.29) is 9.92 Å². The summed E-state index contributed by atoms with van der Waals surface area (Å²) in [5.41, 5.74) is 8.05. The largest absolute Gasteiger partial charge is 0.323 e. The third-order valence-electron chi connectivity index (χ3n) is 3.78. The second-order valence-corrected chi connectivity index (χ2v) is 7.49. The van der Waals surface area contributed by atoms with Gasteiger partial charge < -0.3 is 5.73 Å². The second-order valence-electron chi connectivity index (χ2n) is 4.94. The van der Waals surface area contributed by atoms with Gasteiger partial charge in [0.1, 0.15) is 0 Å². The highest BCUT2D eigenvalue weighted by Crippen LogP contribution is 2.37. The van der Waals surface area contributed by atoms with Crippen LogP contribution < -0.4 is 5.73 Å². The normalized spacial score (nSPS) is 21.7. The summed E-state index contributed by atoms with van der Waals surface area (Å²) in [5, 5.41) is -0.407. The maximum absolute atomic E-state index is 12.8. The molecule has 20 heavy (non-hydrogen) atoms. The van der Waals surface area contributed by atoms with Gasteiger partial charge in [-0.3, -0.25) is 0 Å². The minimum absolute atomic E-state index is 0.162. The third-order valence-corrected chi connectivity index (χ3v) is 6.45. The zero-order chi connectivity index (χ0) is 14.3. The summed E-state index contributed by atoms with van der Waals surface area (Å²) >= 11 is 6.03. The van der Waals surface area contributed by atoms with E-state index in [0.717, 1.165) is 11.1 Å². The number of sulfone groups is 1. The smallest absolute Gasteiger partial charge is 0.184 e. The molecule has 2 unspecified atom stereocenters. The second kappa shape index (κ2) is 4.88. The molecule has 104 valence electrons. The molecule has 2 N–H and O–H groups in total. The Morgan fingerprint density at radius 2 is 1.70 bits per heavy atom. The number of rotatable bonds is 2. The molecule has 0 aliphatic heterocycles. The minimum atomic E-state index is -3.54. The lowest BCUT2D eigenvalue weighted by molar-refractivity contribution is 0.565. The maximum Gasteiger partial charge on any atom is 0.184 e. The molecule has 0 bridgehead atoms. The number of halogens is 1. The number of benzene rings is 2. The summed E-state index contributed by atoms with van der Waals surface area (Å²) in [6.07, 6.45) is 0.435. The van der Waals surface area contributed by atoms with Gasteiger partial charge in [0, 0.05) is 6.04 Å². The quantitative estimate of drug-likeness (QED) is 0.928. The average molecular weight is 308 g/mol. The molecule has 2 aromatic rings. The van der Waals surface area contributed by atoms with Gasteiger partial charge in [-0.25, -0.2) is 8.42 Å². The highest BCUT2D eigenvalue weighted by atomic mass is 35.5. The highest BCUT2D eigenvalue weighted by molar-refractivity contribution is 7.92. The van der Waals surface area contributed by atoms with E-state index in [2.05, 4.69) is 0 Å². The van der Waals surface area contributed by atoms with E-state index in [1.54, 1.807) is 18.2 Å². The fourth-order valence-corrected chi connectivity index (χ4v) is 5.05. The van der Waals surface area contributed by atoms with Gasteiger partial charge in [-0.15, -0.1) is 0 Å². The SMILES string of the molecule is NC1c2ccccc2CC1S(=O)(=O)c1ccccc1Cl. The third kappa shape index (κ3) is 2.04. The van der Waals surface area contributed by atoms with E-state index >= 15 is 0 Å². The first-order valence-electron chi connectivity index (χ1n) is 6.33. The molecule has 1 aliphatic rings. The molecule has 3 nitrogen and oxygen atoms in total. The van der Waals surface area contributed by atoms with Gasteiger partial charge in [-0.05, 0) is 29.7 Å². The topological polar surface area (TPSA) is 60.2 Å². The Labute approximate surface area is 123 Å². The lowest BCUT2D eigenvalue weighted by Gasteiger charge is -2.17. The van der Waals surface area contributed by atoms with Crippen LogP contribution in [0.1, 0.15) is 17.2 Å². The van der Waals surface area contributed by atoms with E-state index in [0.29, 0.717) is 6.42 Å². The van der Waals surface area contributed by atoms with Gasteiger partial charge >= 0.3 is 0 Å². The molecule has 0 heterocycles. The van der Waals surface area contributed by atoms with Gasteiger partial charge in [0.25, 0.3) is 0 Å².